The Labute approximate surface area is 215 Å². The van der Waals surface area contributed by atoms with Crippen molar-refractivity contribution >= 4 is 42.4 Å². The number of carbonyl (C=O) groups excluding carboxylic acids is 1. The number of thiazole rings is 1. The molecule has 1 aliphatic rings. The monoisotopic (exact) mass is 533 g/mol. The molecule has 36 heavy (non-hydrogen) atoms. The Hall–Kier alpha value is -2.73. The van der Waals surface area contributed by atoms with Gasteiger partial charge in [-0.25, -0.2) is 13.4 Å². The number of aromatic nitrogens is 1. The van der Waals surface area contributed by atoms with Crippen LogP contribution in [-0.4, -0.2) is 83.6 Å². The first kappa shape index (κ1) is 26.3. The number of rotatable bonds is 10. The molecule has 1 amide bonds. The van der Waals surface area contributed by atoms with Gasteiger partial charge in [0.1, 0.15) is 21.7 Å². The number of benzene rings is 2. The van der Waals surface area contributed by atoms with Gasteiger partial charge in [0.2, 0.25) is 0 Å². The van der Waals surface area contributed by atoms with E-state index in [0.717, 1.165) is 30.8 Å². The average Bonchev–Trinajstić information content (AvgIpc) is 3.36. The zero-order valence-corrected chi connectivity index (χ0v) is 22.4. The van der Waals surface area contributed by atoms with Gasteiger partial charge in [0.05, 0.1) is 38.1 Å². The van der Waals surface area contributed by atoms with Crippen molar-refractivity contribution in [3.05, 3.63) is 42.0 Å². The number of hydrogen-bond acceptors (Lipinski definition) is 9. The second-order valence-electron chi connectivity index (χ2n) is 8.34. The van der Waals surface area contributed by atoms with Crippen LogP contribution in [0.25, 0.3) is 10.2 Å². The van der Waals surface area contributed by atoms with E-state index in [9.17, 15) is 13.2 Å². The summed E-state index contributed by atoms with van der Waals surface area (Å²) in [5, 5.41) is 0.503. The van der Waals surface area contributed by atoms with Crippen molar-refractivity contribution in [3.63, 3.8) is 0 Å². The zero-order chi connectivity index (χ0) is 25.7. The third-order valence-corrected chi connectivity index (χ3v) is 8.98. The fraction of sp³-hybridized carbons (Fsp3) is 0.440. The highest BCUT2D eigenvalue weighted by Gasteiger charge is 2.25. The van der Waals surface area contributed by atoms with Gasteiger partial charge in [0.25, 0.3) is 5.91 Å². The summed E-state index contributed by atoms with van der Waals surface area (Å²) in [7, 11) is -0.286. The van der Waals surface area contributed by atoms with E-state index in [1.54, 1.807) is 44.2 Å². The largest absolute Gasteiger partial charge is 0.495 e. The third kappa shape index (κ3) is 5.64. The molecule has 1 aliphatic heterocycles. The molecule has 2 aromatic carbocycles. The molecule has 11 heteroatoms. The van der Waals surface area contributed by atoms with Gasteiger partial charge in [-0.05, 0) is 36.8 Å². The average molecular weight is 534 g/mol. The molecule has 0 saturated carbocycles. The van der Waals surface area contributed by atoms with Crippen molar-refractivity contribution in [2.75, 3.05) is 64.3 Å². The number of fused-ring (bicyclic) bond motifs is 1. The molecule has 0 spiro atoms. The number of sulfone groups is 1. The smallest absolute Gasteiger partial charge is 0.260 e. The number of nitrogens with zero attached hydrogens (tertiary/aromatic N) is 3. The standard InChI is InChI=1S/C25H31N3O6S2/c1-4-36(30,31)19-8-5-7-18(17-19)24(29)28(12-6-11-27-13-15-34-16-14-27)25-26-22-20(32-2)9-10-21(33-3)23(22)35-25/h5,7-10,17H,4,6,11-16H2,1-3H3. The Morgan fingerprint density at radius 3 is 2.56 bits per heavy atom. The van der Waals surface area contributed by atoms with E-state index in [4.69, 9.17) is 19.2 Å². The highest BCUT2D eigenvalue weighted by atomic mass is 32.2. The second kappa shape index (κ2) is 11.5. The van der Waals surface area contributed by atoms with E-state index in [2.05, 4.69) is 4.90 Å². The van der Waals surface area contributed by atoms with Gasteiger partial charge < -0.3 is 14.2 Å². The maximum absolute atomic E-state index is 13.8. The van der Waals surface area contributed by atoms with Crippen LogP contribution in [-0.2, 0) is 14.6 Å². The quantitative estimate of drug-likeness (QED) is 0.391. The molecular formula is C25H31N3O6S2. The van der Waals surface area contributed by atoms with E-state index in [1.807, 2.05) is 6.07 Å². The summed E-state index contributed by atoms with van der Waals surface area (Å²) in [5.41, 5.74) is 0.916. The first-order valence-corrected chi connectivity index (χ1v) is 14.3. The van der Waals surface area contributed by atoms with E-state index < -0.39 is 9.84 Å². The number of ether oxygens (including phenoxy) is 3. The van der Waals surface area contributed by atoms with Crippen molar-refractivity contribution in [1.82, 2.24) is 9.88 Å². The lowest BCUT2D eigenvalue weighted by Gasteiger charge is -2.27. The highest BCUT2D eigenvalue weighted by Crippen LogP contribution is 2.40. The van der Waals surface area contributed by atoms with E-state index in [-0.39, 0.29) is 16.6 Å². The van der Waals surface area contributed by atoms with Crippen LogP contribution in [0.3, 0.4) is 0 Å². The van der Waals surface area contributed by atoms with Crippen molar-refractivity contribution in [2.24, 2.45) is 0 Å². The molecule has 1 aromatic heterocycles. The van der Waals surface area contributed by atoms with Gasteiger partial charge >= 0.3 is 0 Å². The lowest BCUT2D eigenvalue weighted by atomic mass is 10.2. The second-order valence-corrected chi connectivity index (χ2v) is 11.6. The van der Waals surface area contributed by atoms with E-state index >= 15 is 0 Å². The van der Waals surface area contributed by atoms with Crippen molar-refractivity contribution < 1.29 is 27.4 Å². The molecule has 0 bridgehead atoms. The highest BCUT2D eigenvalue weighted by molar-refractivity contribution is 7.91. The summed E-state index contributed by atoms with van der Waals surface area (Å²) in [5.74, 6) is 0.893. The van der Waals surface area contributed by atoms with Gasteiger partial charge in [-0.1, -0.05) is 24.3 Å². The number of amides is 1. The molecule has 9 nitrogen and oxygen atoms in total. The topological polar surface area (TPSA) is 98.3 Å². The summed E-state index contributed by atoms with van der Waals surface area (Å²) in [6.45, 7) is 5.96. The number of hydrogen-bond donors (Lipinski definition) is 0. The summed E-state index contributed by atoms with van der Waals surface area (Å²) < 4.78 is 42.1. The molecule has 0 N–H and O–H groups in total. The SMILES string of the molecule is CCS(=O)(=O)c1cccc(C(=O)N(CCCN2CCOCC2)c2nc3c(OC)ccc(OC)c3s2)c1. The van der Waals surface area contributed by atoms with Crippen LogP contribution in [0.5, 0.6) is 11.5 Å². The zero-order valence-electron chi connectivity index (χ0n) is 20.7. The summed E-state index contributed by atoms with van der Waals surface area (Å²) in [6.07, 6.45) is 0.725. The predicted octanol–water partition coefficient (Wildman–Crippen LogP) is 3.48. The van der Waals surface area contributed by atoms with Crippen LogP contribution in [0.2, 0.25) is 0 Å². The molecular weight excluding hydrogens is 502 g/mol. The lowest BCUT2D eigenvalue weighted by molar-refractivity contribution is 0.0376. The molecule has 1 fully saturated rings. The molecule has 0 atom stereocenters. The maximum atomic E-state index is 13.8. The number of carbonyl (C=O) groups is 1. The van der Waals surface area contributed by atoms with Crippen LogP contribution in [0.4, 0.5) is 5.13 Å². The molecule has 3 aromatic rings. The van der Waals surface area contributed by atoms with Crippen molar-refractivity contribution in [1.29, 1.82) is 0 Å². The summed E-state index contributed by atoms with van der Waals surface area (Å²) in [6, 6.07) is 9.81. The number of methoxy groups -OCH3 is 2. The molecule has 4 rings (SSSR count). The minimum absolute atomic E-state index is 0.0363. The van der Waals surface area contributed by atoms with Crippen LogP contribution in [0.1, 0.15) is 23.7 Å². The Balaban J connectivity index is 1.69. The summed E-state index contributed by atoms with van der Waals surface area (Å²) >= 11 is 1.35. The molecule has 2 heterocycles. The predicted molar refractivity (Wildman–Crippen MR) is 140 cm³/mol. The Bertz CT molecular complexity index is 1280. The Kier molecular flexibility index (Phi) is 8.45. The normalized spacial score (nSPS) is 14.6. The van der Waals surface area contributed by atoms with Gasteiger partial charge in [0.15, 0.2) is 15.0 Å². The maximum Gasteiger partial charge on any atom is 0.260 e. The van der Waals surface area contributed by atoms with Crippen LogP contribution in [0.15, 0.2) is 41.3 Å². The van der Waals surface area contributed by atoms with Gasteiger partial charge in [-0.3, -0.25) is 14.6 Å². The molecule has 0 aliphatic carbocycles. The third-order valence-electron chi connectivity index (χ3n) is 6.15. The first-order chi connectivity index (χ1) is 17.4. The van der Waals surface area contributed by atoms with Crippen molar-refractivity contribution in [2.45, 2.75) is 18.2 Å². The Morgan fingerprint density at radius 1 is 1.14 bits per heavy atom. The minimum atomic E-state index is -3.45. The van der Waals surface area contributed by atoms with Gasteiger partial charge in [0, 0.05) is 31.7 Å². The van der Waals surface area contributed by atoms with Crippen LogP contribution >= 0.6 is 11.3 Å². The number of anilines is 1. The van der Waals surface area contributed by atoms with E-state index in [1.165, 1.54) is 23.5 Å². The first-order valence-electron chi connectivity index (χ1n) is 11.8. The van der Waals surface area contributed by atoms with E-state index in [0.29, 0.717) is 47.5 Å². The molecule has 0 unspecified atom stereocenters. The number of morpholine rings is 1. The van der Waals surface area contributed by atoms with Gasteiger partial charge in [-0.2, -0.15) is 0 Å². The minimum Gasteiger partial charge on any atom is -0.495 e. The molecule has 1 saturated heterocycles. The molecule has 0 radical (unpaired) electrons. The lowest BCUT2D eigenvalue weighted by Crippen LogP contribution is -2.39. The van der Waals surface area contributed by atoms with Crippen molar-refractivity contribution in [3.8, 4) is 11.5 Å². The van der Waals surface area contributed by atoms with Crippen LogP contribution in [0, 0.1) is 0 Å². The fourth-order valence-corrected chi connectivity index (χ4v) is 6.12. The van der Waals surface area contributed by atoms with Gasteiger partial charge in [-0.15, -0.1) is 0 Å². The molecule has 194 valence electrons. The summed E-state index contributed by atoms with van der Waals surface area (Å²) in [4.78, 5) is 22.6. The van der Waals surface area contributed by atoms with Crippen LogP contribution < -0.4 is 14.4 Å². The Morgan fingerprint density at radius 2 is 1.86 bits per heavy atom. The fourth-order valence-electron chi connectivity index (χ4n) is 4.10.